The van der Waals surface area contributed by atoms with Gasteiger partial charge in [0.2, 0.25) is 0 Å². The Kier molecular flexibility index (Phi) is 9.03. The first-order chi connectivity index (χ1) is 13.5. The van der Waals surface area contributed by atoms with Gasteiger partial charge in [-0.15, -0.1) is 23.5 Å². The summed E-state index contributed by atoms with van der Waals surface area (Å²) >= 11 is 3.57. The highest BCUT2D eigenvalue weighted by Gasteiger charge is 2.10. The number of anilines is 2. The summed E-state index contributed by atoms with van der Waals surface area (Å²) in [4.78, 5) is 22.9. The van der Waals surface area contributed by atoms with Gasteiger partial charge in [0, 0.05) is 22.4 Å². The molecule has 0 spiro atoms. The van der Waals surface area contributed by atoms with E-state index >= 15 is 0 Å². The van der Waals surface area contributed by atoms with Crippen molar-refractivity contribution in [3.63, 3.8) is 0 Å². The van der Waals surface area contributed by atoms with Crippen molar-refractivity contribution in [3.8, 4) is 0 Å². The average molecular weight is 419 g/mol. The molecule has 2 amide bonds. The molecule has 0 aliphatic heterocycles. The third kappa shape index (κ3) is 6.69. The van der Waals surface area contributed by atoms with E-state index in [4.69, 9.17) is 11.5 Å². The molecular formula is C20H26N4O2S2. The Bertz CT molecular complexity index is 801. The predicted octanol–water partition coefficient (Wildman–Crippen LogP) is 3.57. The van der Waals surface area contributed by atoms with Gasteiger partial charge in [0.25, 0.3) is 11.8 Å². The normalized spacial score (nSPS) is 11.6. The second-order valence-corrected chi connectivity index (χ2v) is 8.35. The van der Waals surface area contributed by atoms with Crippen molar-refractivity contribution in [3.05, 3.63) is 59.7 Å². The number of nitrogens with one attached hydrogen (secondary N) is 2. The maximum Gasteiger partial charge on any atom is 0.250 e. The number of hydrogen-bond donors (Lipinski definition) is 4. The Labute approximate surface area is 174 Å². The molecule has 0 saturated carbocycles. The summed E-state index contributed by atoms with van der Waals surface area (Å²) in [5, 5.41) is 7.01. The van der Waals surface area contributed by atoms with Crippen LogP contribution in [0.1, 0.15) is 34.1 Å². The van der Waals surface area contributed by atoms with Crippen molar-refractivity contribution in [2.45, 2.75) is 18.6 Å². The van der Waals surface area contributed by atoms with Crippen LogP contribution in [0.25, 0.3) is 0 Å². The minimum absolute atomic E-state index is 0.432. The monoisotopic (exact) mass is 418 g/mol. The van der Waals surface area contributed by atoms with Gasteiger partial charge in [-0.25, -0.2) is 0 Å². The molecule has 28 heavy (non-hydrogen) atoms. The number of carbonyl (C=O) groups excluding carboxylic acids is 2. The number of amides is 2. The topological polar surface area (TPSA) is 110 Å². The molecule has 6 N–H and O–H groups in total. The molecule has 8 heteroatoms. The lowest BCUT2D eigenvalue weighted by Crippen LogP contribution is -2.16. The van der Waals surface area contributed by atoms with E-state index in [2.05, 4.69) is 17.6 Å². The first-order valence-corrected chi connectivity index (χ1v) is 11.2. The zero-order valence-corrected chi connectivity index (χ0v) is 17.4. The van der Waals surface area contributed by atoms with Gasteiger partial charge in [-0.05, 0) is 30.7 Å². The van der Waals surface area contributed by atoms with Gasteiger partial charge in [0.15, 0.2) is 0 Å². The summed E-state index contributed by atoms with van der Waals surface area (Å²) in [6.07, 6.45) is 1.04. The minimum atomic E-state index is -0.433. The Morgan fingerprint density at radius 1 is 0.893 bits per heavy atom. The quantitative estimate of drug-likeness (QED) is 0.310. The molecule has 6 nitrogen and oxygen atoms in total. The molecule has 1 atom stereocenters. The number of hydrogen-bond acceptors (Lipinski definition) is 6. The van der Waals surface area contributed by atoms with Crippen molar-refractivity contribution in [1.82, 2.24) is 0 Å². The van der Waals surface area contributed by atoms with Crippen molar-refractivity contribution in [2.24, 2.45) is 11.5 Å². The Morgan fingerprint density at radius 2 is 1.39 bits per heavy atom. The van der Waals surface area contributed by atoms with Crippen LogP contribution in [0.15, 0.2) is 48.5 Å². The maximum atomic E-state index is 11.5. The number of nitrogens with two attached hydrogens (primary N) is 2. The number of para-hydroxylation sites is 2. The number of benzene rings is 2. The van der Waals surface area contributed by atoms with Gasteiger partial charge in [0.1, 0.15) is 0 Å². The van der Waals surface area contributed by atoms with Gasteiger partial charge in [0.05, 0.1) is 22.9 Å². The fourth-order valence-corrected chi connectivity index (χ4v) is 4.80. The molecule has 2 rings (SSSR count). The lowest BCUT2D eigenvalue weighted by atomic mass is 10.2. The Morgan fingerprint density at radius 3 is 1.89 bits per heavy atom. The fraction of sp³-hybridized carbons (Fsp3) is 0.300. The van der Waals surface area contributed by atoms with Crippen LogP contribution < -0.4 is 22.1 Å². The van der Waals surface area contributed by atoms with Crippen LogP contribution >= 0.6 is 23.5 Å². The molecule has 0 aromatic heterocycles. The van der Waals surface area contributed by atoms with Gasteiger partial charge < -0.3 is 22.1 Å². The standard InChI is InChI=1S/C20H26N4O2S2/c1-2-14(28-13-24-18-10-6-4-8-16(18)20(22)26)11-27-12-23-17-9-5-3-7-15(17)19(21)25/h3-10,14,23-24H,2,11-13H2,1H3,(H2,21,25)(H2,22,26). The molecule has 0 heterocycles. The largest absolute Gasteiger partial charge is 0.375 e. The van der Waals surface area contributed by atoms with Crippen LogP contribution in [-0.2, 0) is 0 Å². The van der Waals surface area contributed by atoms with Gasteiger partial charge in [-0.2, -0.15) is 0 Å². The molecule has 0 fully saturated rings. The molecule has 1 unspecified atom stereocenters. The molecule has 0 aliphatic carbocycles. The van der Waals surface area contributed by atoms with Crippen molar-refractivity contribution in [2.75, 3.05) is 28.1 Å². The number of carbonyl (C=O) groups is 2. The fourth-order valence-electron chi connectivity index (χ4n) is 2.54. The van der Waals surface area contributed by atoms with E-state index in [-0.39, 0.29) is 0 Å². The summed E-state index contributed by atoms with van der Waals surface area (Å²) < 4.78 is 0. The Balaban J connectivity index is 1.75. The SMILES string of the molecule is CCC(CSCNc1ccccc1C(N)=O)SCNc1ccccc1C(N)=O. The predicted molar refractivity (Wildman–Crippen MR) is 121 cm³/mol. The van der Waals surface area contributed by atoms with Crippen LogP contribution in [0.4, 0.5) is 11.4 Å². The molecular weight excluding hydrogens is 392 g/mol. The summed E-state index contributed by atoms with van der Waals surface area (Å²) in [5.74, 6) is 1.49. The molecule has 2 aromatic carbocycles. The smallest absolute Gasteiger partial charge is 0.250 e. The first kappa shape index (κ1) is 22.0. The van der Waals surface area contributed by atoms with Gasteiger partial charge in [-0.3, -0.25) is 9.59 Å². The van der Waals surface area contributed by atoms with E-state index in [9.17, 15) is 9.59 Å². The van der Waals surface area contributed by atoms with E-state index in [0.29, 0.717) is 28.1 Å². The number of thioether (sulfide) groups is 2. The van der Waals surface area contributed by atoms with Crippen molar-refractivity contribution < 1.29 is 9.59 Å². The van der Waals surface area contributed by atoms with E-state index in [1.807, 2.05) is 24.3 Å². The lowest BCUT2D eigenvalue weighted by Gasteiger charge is -2.17. The summed E-state index contributed by atoms with van der Waals surface area (Å²) in [5.41, 5.74) is 13.3. The highest BCUT2D eigenvalue weighted by Crippen LogP contribution is 2.22. The molecule has 0 bridgehead atoms. The third-order valence-corrected chi connectivity index (χ3v) is 6.57. The van der Waals surface area contributed by atoms with E-state index < -0.39 is 11.8 Å². The first-order valence-electron chi connectivity index (χ1n) is 8.97. The summed E-state index contributed by atoms with van der Waals surface area (Å²) in [6, 6.07) is 14.5. The van der Waals surface area contributed by atoms with Crippen LogP contribution in [0.3, 0.4) is 0 Å². The molecule has 0 saturated heterocycles. The highest BCUT2D eigenvalue weighted by molar-refractivity contribution is 8.03. The second-order valence-electron chi connectivity index (χ2n) is 6.03. The van der Waals surface area contributed by atoms with Crippen LogP contribution in [0, 0.1) is 0 Å². The highest BCUT2D eigenvalue weighted by atomic mass is 32.2. The van der Waals surface area contributed by atoms with E-state index in [1.54, 1.807) is 47.8 Å². The maximum absolute atomic E-state index is 11.5. The van der Waals surface area contributed by atoms with Crippen LogP contribution in [-0.4, -0.2) is 34.6 Å². The van der Waals surface area contributed by atoms with Crippen molar-refractivity contribution in [1.29, 1.82) is 0 Å². The summed E-state index contributed by atoms with van der Waals surface area (Å²) in [6.45, 7) is 2.16. The summed E-state index contributed by atoms with van der Waals surface area (Å²) in [7, 11) is 0. The Hall–Kier alpha value is -2.32. The van der Waals surface area contributed by atoms with E-state index in [0.717, 1.165) is 23.5 Å². The minimum Gasteiger partial charge on any atom is -0.375 e. The third-order valence-electron chi connectivity index (χ3n) is 4.09. The average Bonchev–Trinajstić information content (AvgIpc) is 2.70. The molecule has 0 aliphatic rings. The zero-order chi connectivity index (χ0) is 20.4. The van der Waals surface area contributed by atoms with Gasteiger partial charge >= 0.3 is 0 Å². The number of primary amides is 2. The number of rotatable bonds is 12. The lowest BCUT2D eigenvalue weighted by molar-refractivity contribution is 0.0992. The molecule has 0 radical (unpaired) electrons. The van der Waals surface area contributed by atoms with Crippen molar-refractivity contribution >= 4 is 46.7 Å². The van der Waals surface area contributed by atoms with E-state index in [1.165, 1.54) is 0 Å². The zero-order valence-electron chi connectivity index (χ0n) is 15.8. The molecule has 150 valence electrons. The van der Waals surface area contributed by atoms with Crippen LogP contribution in [0.2, 0.25) is 0 Å². The molecule has 2 aromatic rings. The van der Waals surface area contributed by atoms with Crippen LogP contribution in [0.5, 0.6) is 0 Å². The second kappa shape index (κ2) is 11.5. The van der Waals surface area contributed by atoms with Gasteiger partial charge in [-0.1, -0.05) is 31.2 Å².